The van der Waals surface area contributed by atoms with Crippen molar-refractivity contribution in [3.63, 3.8) is 0 Å². The second kappa shape index (κ2) is 7.50. The van der Waals surface area contributed by atoms with Crippen LogP contribution >= 0.6 is 0 Å². The highest BCUT2D eigenvalue weighted by atomic mass is 16.3. The Bertz CT molecular complexity index is 1080. The number of aryl methyl sites for hydroxylation is 1. The lowest BCUT2D eigenvalue weighted by Gasteiger charge is -2.38. The second-order valence-corrected chi connectivity index (χ2v) is 9.31. The van der Waals surface area contributed by atoms with E-state index in [-0.39, 0.29) is 22.1 Å². The fourth-order valence-corrected chi connectivity index (χ4v) is 4.34. The average Bonchev–Trinajstić information content (AvgIpc) is 3.06. The molecule has 154 valence electrons. The van der Waals surface area contributed by atoms with Crippen LogP contribution in [0.2, 0.25) is 0 Å². The van der Waals surface area contributed by atoms with E-state index >= 15 is 0 Å². The maximum atomic E-state index is 11.7. The predicted octanol–water partition coefficient (Wildman–Crippen LogP) is 4.28. The zero-order valence-electron chi connectivity index (χ0n) is 18.1. The minimum absolute atomic E-state index is 0.0910. The Kier molecular flexibility index (Phi) is 5.39. The summed E-state index contributed by atoms with van der Waals surface area (Å²) < 4.78 is 3.87. The van der Waals surface area contributed by atoms with Crippen molar-refractivity contribution in [2.75, 3.05) is 0 Å². The first kappa shape index (κ1) is 20.8. The average molecular weight is 395 g/mol. The molecule has 0 saturated heterocycles. The van der Waals surface area contributed by atoms with Gasteiger partial charge in [-0.15, -0.1) is 5.10 Å². The van der Waals surface area contributed by atoms with E-state index in [1.807, 2.05) is 27.6 Å². The molecule has 0 fully saturated rings. The van der Waals surface area contributed by atoms with Gasteiger partial charge in [0.05, 0.1) is 11.9 Å². The topological polar surface area (TPSA) is 72.9 Å². The van der Waals surface area contributed by atoms with Crippen LogP contribution in [0.15, 0.2) is 47.5 Å². The zero-order chi connectivity index (χ0) is 21.4. The molecule has 1 aromatic carbocycles. The van der Waals surface area contributed by atoms with E-state index in [2.05, 4.69) is 57.1 Å². The van der Waals surface area contributed by atoms with Crippen LogP contribution < -0.4 is 5.43 Å². The molecule has 0 unspecified atom stereocenters. The van der Waals surface area contributed by atoms with Crippen LogP contribution in [0.25, 0.3) is 11.3 Å². The number of hydrogen-bond acceptors (Lipinski definition) is 4. The first-order valence-corrected chi connectivity index (χ1v) is 9.87. The largest absolute Gasteiger partial charge is 0.503 e. The highest BCUT2D eigenvalue weighted by Gasteiger charge is 2.32. The van der Waals surface area contributed by atoms with Crippen LogP contribution in [0.4, 0.5) is 0 Å². The third-order valence-electron chi connectivity index (χ3n) is 5.32. The van der Waals surface area contributed by atoms with E-state index in [9.17, 15) is 9.90 Å². The number of aromatic hydroxyl groups is 1. The Morgan fingerprint density at radius 2 is 1.83 bits per heavy atom. The lowest BCUT2D eigenvalue weighted by Crippen LogP contribution is -2.36. The Morgan fingerprint density at radius 3 is 2.52 bits per heavy atom. The van der Waals surface area contributed by atoms with E-state index in [4.69, 9.17) is 0 Å². The van der Waals surface area contributed by atoms with Gasteiger partial charge in [-0.1, -0.05) is 42.8 Å². The van der Waals surface area contributed by atoms with Crippen LogP contribution in [0, 0.1) is 19.3 Å². The lowest BCUT2D eigenvalue weighted by molar-refractivity contribution is 0.164. The van der Waals surface area contributed by atoms with E-state index in [1.165, 1.54) is 11.6 Å². The van der Waals surface area contributed by atoms with Crippen molar-refractivity contribution in [2.45, 2.75) is 60.0 Å². The predicted molar refractivity (Wildman–Crippen MR) is 115 cm³/mol. The van der Waals surface area contributed by atoms with Gasteiger partial charge < -0.3 is 9.67 Å². The van der Waals surface area contributed by atoms with Crippen LogP contribution in [-0.2, 0) is 12.1 Å². The zero-order valence-corrected chi connectivity index (χ0v) is 18.1. The summed E-state index contributed by atoms with van der Waals surface area (Å²) in [6, 6.07) is 9.66. The number of hydrogen-bond donors (Lipinski definition) is 1. The SMILES string of the molecule is Cc1cccc(-c2cn(CC(C)(C)CC(C)(C)n3ccc(=O)c(O)c3C)nn2)c1. The fraction of sp³-hybridized carbons (Fsp3) is 0.435. The minimum atomic E-state index is -0.347. The maximum Gasteiger partial charge on any atom is 0.223 e. The smallest absolute Gasteiger partial charge is 0.223 e. The normalized spacial score (nSPS) is 12.3. The van der Waals surface area contributed by atoms with Gasteiger partial charge in [0.15, 0.2) is 5.75 Å². The van der Waals surface area contributed by atoms with Gasteiger partial charge in [-0.3, -0.25) is 9.48 Å². The Morgan fingerprint density at radius 1 is 1.10 bits per heavy atom. The first-order chi connectivity index (χ1) is 13.5. The molecule has 2 aromatic heterocycles. The van der Waals surface area contributed by atoms with Gasteiger partial charge in [0.25, 0.3) is 0 Å². The molecule has 3 rings (SSSR count). The quantitative estimate of drug-likeness (QED) is 0.677. The number of nitrogens with zero attached hydrogens (tertiary/aromatic N) is 4. The summed E-state index contributed by atoms with van der Waals surface area (Å²) >= 11 is 0. The molecule has 0 bridgehead atoms. The fourth-order valence-electron chi connectivity index (χ4n) is 4.34. The molecular formula is C23H30N4O2. The molecule has 0 aliphatic carbocycles. The highest BCUT2D eigenvalue weighted by Crippen LogP contribution is 2.35. The van der Waals surface area contributed by atoms with Crippen LogP contribution in [0.5, 0.6) is 5.75 Å². The molecule has 1 N–H and O–H groups in total. The molecule has 6 heteroatoms. The Hall–Kier alpha value is -2.89. The number of pyridine rings is 1. The summed E-state index contributed by atoms with van der Waals surface area (Å²) in [6.07, 6.45) is 4.57. The summed E-state index contributed by atoms with van der Waals surface area (Å²) in [4.78, 5) is 11.7. The van der Waals surface area contributed by atoms with Gasteiger partial charge in [-0.25, -0.2) is 0 Å². The number of rotatable bonds is 6. The third kappa shape index (κ3) is 4.58. The standard InChI is InChI=1S/C23H30N4O2/c1-16-8-7-9-18(12-16)19-13-26(25-24-19)15-22(3,4)14-23(5,6)27-11-10-20(28)21(29)17(27)2/h7-13,29H,14-15H2,1-6H3. The van der Waals surface area contributed by atoms with E-state index in [1.54, 1.807) is 13.1 Å². The monoisotopic (exact) mass is 394 g/mol. The summed E-state index contributed by atoms with van der Waals surface area (Å²) in [5.74, 6) is -0.183. The molecular weight excluding hydrogens is 364 g/mol. The second-order valence-electron chi connectivity index (χ2n) is 9.31. The Labute approximate surface area is 171 Å². The van der Waals surface area contributed by atoms with Crippen molar-refractivity contribution in [2.24, 2.45) is 5.41 Å². The van der Waals surface area contributed by atoms with Crippen molar-refractivity contribution in [1.29, 1.82) is 0 Å². The molecule has 2 heterocycles. The maximum absolute atomic E-state index is 11.7. The van der Waals surface area contributed by atoms with Gasteiger partial charge in [0.1, 0.15) is 5.69 Å². The Balaban J connectivity index is 1.79. The summed E-state index contributed by atoms with van der Waals surface area (Å²) in [5.41, 5.74) is 2.98. The van der Waals surface area contributed by atoms with E-state index < -0.39 is 0 Å². The molecule has 0 atom stereocenters. The molecule has 29 heavy (non-hydrogen) atoms. The molecule has 0 amide bonds. The highest BCUT2D eigenvalue weighted by molar-refractivity contribution is 5.58. The van der Waals surface area contributed by atoms with Crippen molar-refractivity contribution < 1.29 is 5.11 Å². The number of benzene rings is 1. The molecule has 0 spiro atoms. The van der Waals surface area contributed by atoms with Gasteiger partial charge in [0.2, 0.25) is 5.43 Å². The van der Waals surface area contributed by atoms with Crippen LogP contribution in [0.1, 0.15) is 45.4 Å². The molecule has 3 aromatic rings. The molecule has 6 nitrogen and oxygen atoms in total. The first-order valence-electron chi connectivity index (χ1n) is 9.87. The van der Waals surface area contributed by atoms with Gasteiger partial charge >= 0.3 is 0 Å². The van der Waals surface area contributed by atoms with Crippen molar-refractivity contribution in [3.8, 4) is 17.0 Å². The van der Waals surface area contributed by atoms with Crippen LogP contribution in [0.3, 0.4) is 0 Å². The van der Waals surface area contributed by atoms with Gasteiger partial charge in [-0.2, -0.15) is 0 Å². The molecule has 0 aliphatic heterocycles. The van der Waals surface area contributed by atoms with Crippen molar-refractivity contribution >= 4 is 0 Å². The molecule has 0 radical (unpaired) electrons. The summed E-state index contributed by atoms with van der Waals surface area (Å²) in [5, 5.41) is 18.7. The molecule has 0 saturated carbocycles. The minimum Gasteiger partial charge on any atom is -0.503 e. The van der Waals surface area contributed by atoms with Crippen LogP contribution in [-0.4, -0.2) is 24.7 Å². The van der Waals surface area contributed by atoms with Crippen molar-refractivity contribution in [1.82, 2.24) is 19.6 Å². The van der Waals surface area contributed by atoms with Crippen molar-refractivity contribution in [3.05, 3.63) is 64.2 Å². The van der Waals surface area contributed by atoms with E-state index in [0.717, 1.165) is 17.7 Å². The lowest BCUT2D eigenvalue weighted by atomic mass is 9.79. The third-order valence-corrected chi connectivity index (χ3v) is 5.32. The van der Waals surface area contributed by atoms with Gasteiger partial charge in [-0.05, 0) is 45.6 Å². The number of aromatic nitrogens is 4. The van der Waals surface area contributed by atoms with Gasteiger partial charge in [0, 0.05) is 29.9 Å². The van der Waals surface area contributed by atoms with E-state index in [0.29, 0.717) is 12.2 Å². The summed E-state index contributed by atoms with van der Waals surface area (Å²) in [7, 11) is 0. The molecule has 0 aliphatic rings. The summed E-state index contributed by atoms with van der Waals surface area (Å²) in [6.45, 7) is 13.2.